The van der Waals surface area contributed by atoms with Crippen LogP contribution in [0.2, 0.25) is 0 Å². The van der Waals surface area contributed by atoms with Gasteiger partial charge in [-0.3, -0.25) is 0 Å². The van der Waals surface area contributed by atoms with Crippen molar-refractivity contribution < 1.29 is 52.7 Å². The van der Waals surface area contributed by atoms with E-state index < -0.39 is 53.7 Å². The molecule has 0 aliphatic carbocycles. The maximum atomic E-state index is 15.3. The number of halogens is 12. The second-order valence-electron chi connectivity index (χ2n) is 24.5. The van der Waals surface area contributed by atoms with E-state index in [0.29, 0.717) is 93.9 Å². The van der Waals surface area contributed by atoms with E-state index in [0.717, 1.165) is 92.8 Å². The van der Waals surface area contributed by atoms with Gasteiger partial charge in [0.05, 0.1) is 66.4 Å². The molecule has 17 heteroatoms. The van der Waals surface area contributed by atoms with Gasteiger partial charge in [0.15, 0.2) is 0 Å². The van der Waals surface area contributed by atoms with E-state index in [1.54, 1.807) is 94.1 Å². The van der Waals surface area contributed by atoms with Gasteiger partial charge < -0.3 is 18.3 Å². The van der Waals surface area contributed by atoms with Crippen molar-refractivity contribution in [2.45, 2.75) is 66.2 Å². The first kappa shape index (κ1) is 59.2. The van der Waals surface area contributed by atoms with Gasteiger partial charge in [-0.2, -0.15) is 52.7 Å². The molecule has 0 fully saturated rings. The summed E-state index contributed by atoms with van der Waals surface area (Å²) in [6.07, 6.45) is -19.2. The normalized spacial score (nSPS) is 12.8. The topological polar surface area (TPSA) is 19.7 Å². The van der Waals surface area contributed by atoms with Crippen LogP contribution in [0.3, 0.4) is 0 Å². The molecule has 0 saturated heterocycles. The standard InChI is InChI=1S/C76H51BF12N4/c1-40-29-42(3)69(43(4)30-40)77(70-44(5)31-41(2)32-45(70)6)50-37-53(90-63-25-19-48(75(84,85)86)35-59(63)67-65(90)27-21-55-57-33-46(73(78,79)80)17-23-61(57)92(71(55)67)51-13-9-7-10-14-51)39-54(38-50)91-64-26-20-49(76(87,88)89)36-60(64)68-66(91)28-22-56-58-34-47(74(81,82)83)18-24-62(58)93(72(56)68)52-15-11-8-12-16-52/h7-39H,1-6H3. The van der Waals surface area contributed by atoms with Gasteiger partial charge in [0.2, 0.25) is 6.71 Å². The first-order valence-electron chi connectivity index (χ1n) is 30.0. The highest BCUT2D eigenvalue weighted by molar-refractivity contribution is 6.96. The monoisotopic (exact) mass is 1260 g/mol. The van der Waals surface area contributed by atoms with Crippen LogP contribution in [0.5, 0.6) is 0 Å². The third kappa shape index (κ3) is 9.38. The summed E-state index contributed by atoms with van der Waals surface area (Å²) in [6.45, 7) is 11.6. The molecular weight excluding hydrogens is 1210 g/mol. The molecule has 0 aliphatic heterocycles. The Kier molecular flexibility index (Phi) is 13.2. The Balaban J connectivity index is 1.14. The summed E-state index contributed by atoms with van der Waals surface area (Å²) < 4.78 is 188. The van der Waals surface area contributed by atoms with Crippen molar-refractivity contribution in [2.24, 2.45) is 0 Å². The largest absolute Gasteiger partial charge is 0.416 e. The van der Waals surface area contributed by atoms with E-state index in [1.807, 2.05) is 68.9 Å². The van der Waals surface area contributed by atoms with E-state index >= 15 is 26.3 Å². The zero-order valence-corrected chi connectivity index (χ0v) is 50.5. The molecule has 4 aromatic heterocycles. The zero-order valence-electron chi connectivity index (χ0n) is 50.5. The van der Waals surface area contributed by atoms with Gasteiger partial charge in [-0.25, -0.2) is 0 Å². The Morgan fingerprint density at radius 2 is 0.570 bits per heavy atom. The summed E-state index contributed by atoms with van der Waals surface area (Å²) in [5.41, 5.74) is 9.21. The molecule has 0 amide bonds. The van der Waals surface area contributed by atoms with Gasteiger partial charge in [0.25, 0.3) is 0 Å². The maximum absolute atomic E-state index is 15.3. The molecule has 4 nitrogen and oxygen atoms in total. The summed E-state index contributed by atoms with van der Waals surface area (Å²) in [5, 5.41) is 1.94. The van der Waals surface area contributed by atoms with Crippen LogP contribution in [0.25, 0.3) is 110 Å². The molecule has 0 saturated carbocycles. The maximum Gasteiger partial charge on any atom is 0.416 e. The summed E-state index contributed by atoms with van der Waals surface area (Å²) in [7, 11) is 0. The lowest BCUT2D eigenvalue weighted by Crippen LogP contribution is -2.56. The van der Waals surface area contributed by atoms with E-state index in [2.05, 4.69) is 24.3 Å². The summed E-state index contributed by atoms with van der Waals surface area (Å²) in [5.74, 6) is 0. The fourth-order valence-corrected chi connectivity index (χ4v) is 15.0. The molecule has 11 aromatic carbocycles. The lowest BCUT2D eigenvalue weighted by molar-refractivity contribution is -0.138. The molecule has 4 heterocycles. The number of para-hydroxylation sites is 2. The van der Waals surface area contributed by atoms with Gasteiger partial charge in [-0.1, -0.05) is 123 Å². The predicted molar refractivity (Wildman–Crippen MR) is 350 cm³/mol. The highest BCUT2D eigenvalue weighted by atomic mass is 19.4. The Labute approximate surface area is 523 Å². The smallest absolute Gasteiger partial charge is 0.309 e. The van der Waals surface area contributed by atoms with Crippen molar-refractivity contribution in [3.05, 3.63) is 256 Å². The Morgan fingerprint density at radius 3 is 0.892 bits per heavy atom. The van der Waals surface area contributed by atoms with Gasteiger partial charge in [0.1, 0.15) is 0 Å². The van der Waals surface area contributed by atoms with Crippen LogP contribution < -0.4 is 16.4 Å². The van der Waals surface area contributed by atoms with Crippen molar-refractivity contribution in [3.63, 3.8) is 0 Å². The fraction of sp³-hybridized carbons (Fsp3) is 0.132. The number of fused-ring (bicyclic) bond motifs is 14. The number of aryl methyl sites for hydroxylation is 6. The predicted octanol–water partition coefficient (Wildman–Crippen LogP) is 20.5. The molecule has 93 heavy (non-hydrogen) atoms. The fourth-order valence-electron chi connectivity index (χ4n) is 15.0. The van der Waals surface area contributed by atoms with Crippen LogP contribution in [-0.2, 0) is 24.7 Å². The van der Waals surface area contributed by atoms with Crippen molar-refractivity contribution in [1.82, 2.24) is 18.3 Å². The number of benzene rings is 11. The molecule has 0 bridgehead atoms. The number of hydrogen-bond donors (Lipinski definition) is 0. The number of nitrogens with zero attached hydrogens (tertiary/aromatic N) is 4. The lowest BCUT2D eigenvalue weighted by Gasteiger charge is -2.26. The average Bonchev–Trinajstić information content (AvgIpc) is 1.56. The van der Waals surface area contributed by atoms with Crippen molar-refractivity contribution in [2.75, 3.05) is 0 Å². The molecule has 0 N–H and O–H groups in total. The third-order valence-electron chi connectivity index (χ3n) is 18.5. The third-order valence-corrected chi connectivity index (χ3v) is 18.5. The van der Waals surface area contributed by atoms with Gasteiger partial charge in [0, 0.05) is 65.8 Å². The van der Waals surface area contributed by atoms with Crippen molar-refractivity contribution in [1.29, 1.82) is 0 Å². The number of alkyl halides is 12. The minimum atomic E-state index is -4.85. The Hall–Kier alpha value is -10.2. The highest BCUT2D eigenvalue weighted by Crippen LogP contribution is 2.48. The van der Waals surface area contributed by atoms with Gasteiger partial charge >= 0.3 is 24.7 Å². The molecule has 0 unspecified atom stereocenters. The Morgan fingerprint density at radius 1 is 0.269 bits per heavy atom. The summed E-state index contributed by atoms with van der Waals surface area (Å²) >= 11 is 0. The highest BCUT2D eigenvalue weighted by Gasteiger charge is 2.37. The molecule has 15 aromatic rings. The second kappa shape index (κ2) is 20.7. The van der Waals surface area contributed by atoms with E-state index in [-0.39, 0.29) is 21.5 Å². The quantitative estimate of drug-likeness (QED) is 0.112. The number of hydrogen-bond acceptors (Lipinski definition) is 0. The number of rotatable bonds is 7. The van der Waals surface area contributed by atoms with Gasteiger partial charge in [-0.05, 0) is 169 Å². The van der Waals surface area contributed by atoms with Crippen LogP contribution >= 0.6 is 0 Å². The molecule has 0 atom stereocenters. The second-order valence-corrected chi connectivity index (χ2v) is 24.5. The van der Waals surface area contributed by atoms with E-state index in [1.165, 1.54) is 24.3 Å². The minimum Gasteiger partial charge on any atom is -0.309 e. The van der Waals surface area contributed by atoms with Crippen LogP contribution in [0.15, 0.2) is 200 Å². The van der Waals surface area contributed by atoms with E-state index in [4.69, 9.17) is 0 Å². The van der Waals surface area contributed by atoms with Crippen LogP contribution in [0.1, 0.15) is 55.6 Å². The van der Waals surface area contributed by atoms with Crippen LogP contribution in [-0.4, -0.2) is 25.0 Å². The van der Waals surface area contributed by atoms with E-state index in [9.17, 15) is 26.3 Å². The molecule has 0 radical (unpaired) electrons. The SMILES string of the molecule is Cc1cc(C)c(B(c2cc(-n3c4ccc(C(F)(F)F)cc4c4c3ccc3c5cc(C(F)(F)F)ccc5n(-c5ccccc5)c34)cc(-n3c4ccc(C(F)(F)F)cc4c4c3ccc3c5cc(C(F)(F)F)ccc5n(-c5ccccc5)c34)c2)c2c(C)cc(C)cc2C)c(C)c1. The average molecular weight is 1260 g/mol. The molecule has 462 valence electrons. The van der Waals surface area contributed by atoms with Gasteiger partial charge in [-0.15, -0.1) is 0 Å². The van der Waals surface area contributed by atoms with Crippen LogP contribution in [0.4, 0.5) is 52.7 Å². The number of aromatic nitrogens is 4. The summed E-state index contributed by atoms with van der Waals surface area (Å²) in [6, 6.07) is 52.3. The van der Waals surface area contributed by atoms with Crippen molar-refractivity contribution >= 4 is 110 Å². The molecule has 0 aliphatic rings. The van der Waals surface area contributed by atoms with Crippen molar-refractivity contribution in [3.8, 4) is 22.7 Å². The molecular formula is C76H51BF12N4. The molecule has 15 rings (SSSR count). The lowest BCUT2D eigenvalue weighted by atomic mass is 9.34. The summed E-state index contributed by atoms with van der Waals surface area (Å²) in [4.78, 5) is 0. The minimum absolute atomic E-state index is 0.127. The Bertz CT molecular complexity index is 5250. The first-order valence-corrected chi connectivity index (χ1v) is 30.0. The zero-order chi connectivity index (χ0) is 65.3. The van der Waals surface area contributed by atoms with Crippen LogP contribution in [0, 0.1) is 41.5 Å². The first-order chi connectivity index (χ1) is 44.1. The molecule has 0 spiro atoms.